The zero-order valence-corrected chi connectivity index (χ0v) is 11.3. The number of Topliss-reactive ketones (excluding diaryl/α,β-unsaturated/α-hetero) is 2. The van der Waals surface area contributed by atoms with Gasteiger partial charge in [0, 0.05) is 32.9 Å². The number of aliphatic carboxylic acids is 1. The Balaban J connectivity index is 0. The molecule has 0 aromatic rings. The number of carboxylic acids is 1. The number of carbonyl (C=O) groups excluding carboxylic acids is 2. The largest absolute Gasteiger partial charge is 0.481 e. The van der Waals surface area contributed by atoms with Crippen molar-refractivity contribution in [2.75, 3.05) is 0 Å². The maximum absolute atomic E-state index is 11.3. The number of carbonyl (C=O) groups is 3. The molecular weight excluding hydrogens is 376 g/mol. The molecule has 0 saturated heterocycles. The van der Waals surface area contributed by atoms with Crippen LogP contribution >= 0.6 is 0 Å². The van der Waals surface area contributed by atoms with E-state index in [1.807, 2.05) is 6.92 Å². The molecule has 0 amide bonds. The van der Waals surface area contributed by atoms with Gasteiger partial charge < -0.3 is 5.11 Å². The predicted octanol–water partition coefficient (Wildman–Crippen LogP) is 1.42. The van der Waals surface area contributed by atoms with E-state index < -0.39 is 11.9 Å². The van der Waals surface area contributed by atoms with E-state index in [1.54, 1.807) is 6.92 Å². The predicted molar refractivity (Wildman–Crippen MR) is 51.0 cm³/mol. The van der Waals surface area contributed by atoms with Crippen LogP contribution in [0, 0.1) is 5.92 Å². The minimum absolute atomic E-state index is 0. The summed E-state index contributed by atoms with van der Waals surface area (Å²) in [6, 6.07) is 0. The number of rotatable bonds is 7. The summed E-state index contributed by atoms with van der Waals surface area (Å²) in [4.78, 5) is 32.7. The fraction of sp³-hybridized carbons (Fsp3) is 0.700. The van der Waals surface area contributed by atoms with Crippen LogP contribution in [0.1, 0.15) is 39.5 Å². The zero-order chi connectivity index (χ0) is 11.1. The van der Waals surface area contributed by atoms with Gasteiger partial charge in [-0.25, -0.2) is 0 Å². The molecule has 0 fully saturated rings. The van der Waals surface area contributed by atoms with Gasteiger partial charge in [0.05, 0.1) is 12.3 Å². The first-order valence-corrected chi connectivity index (χ1v) is 4.76. The second-order valence-electron chi connectivity index (χ2n) is 3.30. The second kappa shape index (κ2) is 8.74. The molecule has 0 heterocycles. The van der Waals surface area contributed by atoms with Gasteiger partial charge in [0.15, 0.2) is 0 Å². The van der Waals surface area contributed by atoms with E-state index in [1.165, 1.54) is 0 Å². The molecule has 1 radical (unpaired) electrons. The maximum Gasteiger partial charge on any atom is 0.303 e. The first kappa shape index (κ1) is 16.9. The molecule has 0 bridgehead atoms. The third-order valence-electron chi connectivity index (χ3n) is 2.05. The molecule has 89 valence electrons. The van der Waals surface area contributed by atoms with Crippen LogP contribution in [0.2, 0.25) is 0 Å². The van der Waals surface area contributed by atoms with Crippen molar-refractivity contribution >= 4 is 17.5 Å². The van der Waals surface area contributed by atoms with Gasteiger partial charge >= 0.3 is 5.97 Å². The van der Waals surface area contributed by atoms with E-state index in [0.29, 0.717) is 6.42 Å². The standard InChI is InChI=1S/C10H16O4.Ir/c1-3-4-8(11)7(2)9(12)5-6-10(13)14;/h7H,3-6H2,1-2H3,(H,13,14);. The quantitative estimate of drug-likeness (QED) is 0.666. The Hall–Kier alpha value is -0.541. The molecule has 0 aromatic heterocycles. The van der Waals surface area contributed by atoms with Crippen LogP contribution in [0.5, 0.6) is 0 Å². The Morgan fingerprint density at radius 3 is 1.93 bits per heavy atom. The summed E-state index contributed by atoms with van der Waals surface area (Å²) in [5.41, 5.74) is 0. The van der Waals surface area contributed by atoms with E-state index in [4.69, 9.17) is 5.11 Å². The van der Waals surface area contributed by atoms with Crippen LogP contribution < -0.4 is 0 Å². The first-order chi connectivity index (χ1) is 6.49. The fourth-order valence-electron chi connectivity index (χ4n) is 1.09. The van der Waals surface area contributed by atoms with E-state index in [-0.39, 0.29) is 44.5 Å². The summed E-state index contributed by atoms with van der Waals surface area (Å²) < 4.78 is 0. The molecule has 0 saturated carbocycles. The average Bonchev–Trinajstić information content (AvgIpc) is 2.13. The number of hydrogen-bond donors (Lipinski definition) is 1. The minimum atomic E-state index is -1.01. The van der Waals surface area contributed by atoms with Crippen molar-refractivity contribution < 1.29 is 39.6 Å². The third-order valence-corrected chi connectivity index (χ3v) is 2.05. The second-order valence-corrected chi connectivity index (χ2v) is 3.30. The SMILES string of the molecule is CCCC(=O)C(C)C(=O)CCC(=O)O.[Ir]. The molecule has 5 heteroatoms. The molecule has 0 spiro atoms. The van der Waals surface area contributed by atoms with E-state index in [2.05, 4.69) is 0 Å². The van der Waals surface area contributed by atoms with Crippen molar-refractivity contribution in [1.29, 1.82) is 0 Å². The van der Waals surface area contributed by atoms with Gasteiger partial charge in [-0.1, -0.05) is 6.92 Å². The van der Waals surface area contributed by atoms with Gasteiger partial charge in [-0.15, -0.1) is 0 Å². The summed E-state index contributed by atoms with van der Waals surface area (Å²) in [6.07, 6.45) is 0.865. The van der Waals surface area contributed by atoms with Crippen LogP contribution in [0.25, 0.3) is 0 Å². The van der Waals surface area contributed by atoms with Crippen LogP contribution in [-0.2, 0) is 34.5 Å². The zero-order valence-electron chi connectivity index (χ0n) is 8.91. The Morgan fingerprint density at radius 1 is 1.07 bits per heavy atom. The van der Waals surface area contributed by atoms with Crippen molar-refractivity contribution in [3.63, 3.8) is 0 Å². The van der Waals surface area contributed by atoms with Gasteiger partial charge in [-0.3, -0.25) is 14.4 Å². The number of hydrogen-bond acceptors (Lipinski definition) is 3. The Labute approximate surface area is 103 Å². The Morgan fingerprint density at radius 2 is 1.53 bits per heavy atom. The number of ketones is 2. The maximum atomic E-state index is 11.3. The van der Waals surface area contributed by atoms with Gasteiger partial charge in [0.1, 0.15) is 11.6 Å². The van der Waals surface area contributed by atoms with Crippen molar-refractivity contribution in [1.82, 2.24) is 0 Å². The first-order valence-electron chi connectivity index (χ1n) is 4.76. The van der Waals surface area contributed by atoms with Gasteiger partial charge in [-0.2, -0.15) is 0 Å². The molecule has 1 atom stereocenters. The molecule has 1 unspecified atom stereocenters. The summed E-state index contributed by atoms with van der Waals surface area (Å²) in [7, 11) is 0. The van der Waals surface area contributed by atoms with Crippen molar-refractivity contribution in [3.8, 4) is 0 Å². The van der Waals surface area contributed by atoms with E-state index in [0.717, 1.165) is 6.42 Å². The molecule has 15 heavy (non-hydrogen) atoms. The molecule has 0 aliphatic carbocycles. The normalized spacial score (nSPS) is 11.3. The minimum Gasteiger partial charge on any atom is -0.481 e. The van der Waals surface area contributed by atoms with Gasteiger partial charge in [0.2, 0.25) is 0 Å². The van der Waals surface area contributed by atoms with Crippen LogP contribution in [0.15, 0.2) is 0 Å². The fourth-order valence-corrected chi connectivity index (χ4v) is 1.09. The molecule has 0 aliphatic rings. The van der Waals surface area contributed by atoms with Crippen LogP contribution in [-0.4, -0.2) is 22.6 Å². The van der Waals surface area contributed by atoms with Crippen molar-refractivity contribution in [3.05, 3.63) is 0 Å². The van der Waals surface area contributed by atoms with Gasteiger partial charge in [0.25, 0.3) is 0 Å². The molecule has 0 aromatic carbocycles. The summed E-state index contributed by atoms with van der Waals surface area (Å²) in [5, 5.41) is 8.35. The Kier molecular flexibility index (Phi) is 9.83. The van der Waals surface area contributed by atoms with Gasteiger partial charge in [-0.05, 0) is 13.3 Å². The topological polar surface area (TPSA) is 71.4 Å². The van der Waals surface area contributed by atoms with Crippen molar-refractivity contribution in [2.24, 2.45) is 5.92 Å². The summed E-state index contributed by atoms with van der Waals surface area (Å²) >= 11 is 0. The summed E-state index contributed by atoms with van der Waals surface area (Å²) in [5.74, 6) is -2.02. The molecule has 1 N–H and O–H groups in total. The number of carboxylic acid groups (broad SMARTS) is 1. The molecule has 4 nitrogen and oxygen atoms in total. The molecular formula is C10H16IrO4. The average molecular weight is 392 g/mol. The van der Waals surface area contributed by atoms with Crippen molar-refractivity contribution in [2.45, 2.75) is 39.5 Å². The molecule has 0 aliphatic heterocycles. The molecule has 0 rings (SSSR count). The Bertz CT molecular complexity index is 238. The van der Waals surface area contributed by atoms with E-state index in [9.17, 15) is 14.4 Å². The third kappa shape index (κ3) is 7.40. The van der Waals surface area contributed by atoms with E-state index >= 15 is 0 Å². The monoisotopic (exact) mass is 393 g/mol. The summed E-state index contributed by atoms with van der Waals surface area (Å²) in [6.45, 7) is 3.41. The van der Waals surface area contributed by atoms with Crippen LogP contribution in [0.3, 0.4) is 0 Å². The smallest absolute Gasteiger partial charge is 0.303 e. The van der Waals surface area contributed by atoms with Crippen LogP contribution in [0.4, 0.5) is 0 Å².